The molecule has 2 aromatic rings. The SMILES string of the molecule is CCn1nc(C)c(-c2cc(C(=O)O)[nH]c(=O)n2)c1C. The molecule has 0 bridgehead atoms. The van der Waals surface area contributed by atoms with E-state index in [2.05, 4.69) is 15.1 Å². The Morgan fingerprint density at radius 1 is 1.47 bits per heavy atom. The molecule has 0 atom stereocenters. The maximum absolute atomic E-state index is 11.4. The number of aromatic nitrogens is 4. The van der Waals surface area contributed by atoms with Crippen molar-refractivity contribution in [2.45, 2.75) is 27.3 Å². The largest absolute Gasteiger partial charge is 0.477 e. The van der Waals surface area contributed by atoms with Crippen LogP contribution in [0.4, 0.5) is 0 Å². The van der Waals surface area contributed by atoms with Gasteiger partial charge in [-0.25, -0.2) is 9.59 Å². The van der Waals surface area contributed by atoms with Crippen molar-refractivity contribution in [3.63, 3.8) is 0 Å². The Morgan fingerprint density at radius 2 is 2.16 bits per heavy atom. The molecule has 0 saturated carbocycles. The van der Waals surface area contributed by atoms with Crippen molar-refractivity contribution in [1.29, 1.82) is 0 Å². The molecular formula is C12H14N4O3. The van der Waals surface area contributed by atoms with Crippen LogP contribution in [-0.2, 0) is 6.54 Å². The molecule has 0 saturated heterocycles. The van der Waals surface area contributed by atoms with E-state index in [4.69, 9.17) is 5.11 Å². The molecule has 0 aliphatic carbocycles. The van der Waals surface area contributed by atoms with Gasteiger partial charge in [0.05, 0.1) is 11.4 Å². The Bertz CT molecular complexity index is 699. The summed E-state index contributed by atoms with van der Waals surface area (Å²) in [5.41, 5.74) is 1.74. The van der Waals surface area contributed by atoms with Gasteiger partial charge in [-0.2, -0.15) is 10.1 Å². The maximum atomic E-state index is 11.4. The Kier molecular flexibility index (Phi) is 3.20. The summed E-state index contributed by atoms with van der Waals surface area (Å²) in [5, 5.41) is 13.3. The molecule has 0 unspecified atom stereocenters. The van der Waals surface area contributed by atoms with Crippen molar-refractivity contribution < 1.29 is 9.90 Å². The van der Waals surface area contributed by atoms with Crippen LogP contribution in [0, 0.1) is 13.8 Å². The summed E-state index contributed by atoms with van der Waals surface area (Å²) in [5.74, 6) is -1.20. The number of carbonyl (C=O) groups is 1. The van der Waals surface area contributed by atoms with E-state index < -0.39 is 11.7 Å². The number of nitrogens with zero attached hydrogens (tertiary/aromatic N) is 3. The zero-order valence-corrected chi connectivity index (χ0v) is 10.9. The normalized spacial score (nSPS) is 10.7. The Balaban J connectivity index is 2.69. The molecule has 100 valence electrons. The van der Waals surface area contributed by atoms with E-state index in [1.807, 2.05) is 13.8 Å². The Morgan fingerprint density at radius 3 is 2.68 bits per heavy atom. The fourth-order valence-electron chi connectivity index (χ4n) is 2.08. The highest BCUT2D eigenvalue weighted by molar-refractivity contribution is 5.86. The van der Waals surface area contributed by atoms with Crippen LogP contribution < -0.4 is 5.69 Å². The molecule has 0 radical (unpaired) electrons. The van der Waals surface area contributed by atoms with Crippen molar-refractivity contribution in [2.24, 2.45) is 0 Å². The van der Waals surface area contributed by atoms with Gasteiger partial charge in [0.1, 0.15) is 5.69 Å². The number of aromatic amines is 1. The van der Waals surface area contributed by atoms with Gasteiger partial charge < -0.3 is 5.11 Å². The fourth-order valence-corrected chi connectivity index (χ4v) is 2.08. The molecule has 7 heteroatoms. The standard InChI is InChI=1S/C12H14N4O3/c1-4-16-7(3)10(6(2)15-16)8-5-9(11(17)18)14-12(19)13-8/h5H,4H2,1-3H3,(H,17,18)(H,13,14,19). The van der Waals surface area contributed by atoms with Crippen molar-refractivity contribution in [3.05, 3.63) is 33.6 Å². The number of carboxylic acids is 1. The van der Waals surface area contributed by atoms with Gasteiger partial charge in [0.2, 0.25) is 0 Å². The highest BCUT2D eigenvalue weighted by Crippen LogP contribution is 2.24. The first-order valence-corrected chi connectivity index (χ1v) is 5.83. The third-order valence-corrected chi connectivity index (χ3v) is 2.91. The molecule has 0 spiro atoms. The minimum Gasteiger partial charge on any atom is -0.477 e. The topological polar surface area (TPSA) is 101 Å². The summed E-state index contributed by atoms with van der Waals surface area (Å²) in [4.78, 5) is 28.4. The third kappa shape index (κ3) is 2.26. The number of aryl methyl sites for hydroxylation is 2. The van der Waals surface area contributed by atoms with Gasteiger partial charge in [-0.05, 0) is 26.8 Å². The monoisotopic (exact) mass is 262 g/mol. The van der Waals surface area contributed by atoms with E-state index in [-0.39, 0.29) is 5.69 Å². The average molecular weight is 262 g/mol. The van der Waals surface area contributed by atoms with Crippen molar-refractivity contribution in [2.75, 3.05) is 0 Å². The molecule has 0 amide bonds. The number of nitrogens with one attached hydrogen (secondary N) is 1. The van der Waals surface area contributed by atoms with Crippen molar-refractivity contribution in [1.82, 2.24) is 19.7 Å². The minimum absolute atomic E-state index is 0.182. The van der Waals surface area contributed by atoms with Crippen LogP contribution >= 0.6 is 0 Å². The van der Waals surface area contributed by atoms with Gasteiger partial charge in [-0.1, -0.05) is 0 Å². The first kappa shape index (κ1) is 13.0. The van der Waals surface area contributed by atoms with Gasteiger partial charge in [-0.3, -0.25) is 9.67 Å². The maximum Gasteiger partial charge on any atom is 0.352 e. The van der Waals surface area contributed by atoms with Gasteiger partial charge in [0, 0.05) is 17.8 Å². The number of rotatable bonds is 3. The highest BCUT2D eigenvalue weighted by atomic mass is 16.4. The number of aromatic carboxylic acids is 1. The van der Waals surface area contributed by atoms with Gasteiger partial charge in [-0.15, -0.1) is 0 Å². The lowest BCUT2D eigenvalue weighted by molar-refractivity contribution is 0.0690. The van der Waals surface area contributed by atoms with Gasteiger partial charge in [0.25, 0.3) is 0 Å². The predicted molar refractivity (Wildman–Crippen MR) is 68.2 cm³/mol. The molecule has 2 N–H and O–H groups in total. The first-order chi connectivity index (χ1) is 8.93. The first-order valence-electron chi connectivity index (χ1n) is 5.83. The lowest BCUT2D eigenvalue weighted by Gasteiger charge is -2.03. The van der Waals surface area contributed by atoms with Crippen LogP contribution in [0.25, 0.3) is 11.3 Å². The number of carboxylic acid groups (broad SMARTS) is 1. The molecular weight excluding hydrogens is 248 g/mol. The molecule has 0 aromatic carbocycles. The number of hydrogen-bond donors (Lipinski definition) is 2. The van der Waals surface area contributed by atoms with Crippen molar-refractivity contribution >= 4 is 5.97 Å². The summed E-state index contributed by atoms with van der Waals surface area (Å²) in [6.07, 6.45) is 0. The lowest BCUT2D eigenvalue weighted by atomic mass is 10.1. The van der Waals surface area contributed by atoms with Crippen LogP contribution in [0.3, 0.4) is 0 Å². The predicted octanol–water partition coefficient (Wildman–Crippen LogP) is 0.968. The summed E-state index contributed by atoms with van der Waals surface area (Å²) < 4.78 is 1.79. The molecule has 19 heavy (non-hydrogen) atoms. The van der Waals surface area contributed by atoms with Gasteiger partial charge in [0.15, 0.2) is 0 Å². The molecule has 0 aliphatic rings. The third-order valence-electron chi connectivity index (χ3n) is 2.91. The van der Waals surface area contributed by atoms with E-state index in [1.54, 1.807) is 11.6 Å². The van der Waals surface area contributed by atoms with Crippen molar-refractivity contribution in [3.8, 4) is 11.3 Å². The Labute approximate surface area is 108 Å². The van der Waals surface area contributed by atoms with E-state index in [0.717, 1.165) is 5.69 Å². The fraction of sp³-hybridized carbons (Fsp3) is 0.333. The van der Waals surface area contributed by atoms with Crippen LogP contribution in [0.1, 0.15) is 28.8 Å². The average Bonchev–Trinajstić information content (AvgIpc) is 2.63. The second-order valence-electron chi connectivity index (χ2n) is 4.15. The molecule has 2 aromatic heterocycles. The second-order valence-corrected chi connectivity index (χ2v) is 4.15. The summed E-state index contributed by atoms with van der Waals surface area (Å²) in [6.45, 7) is 6.32. The smallest absolute Gasteiger partial charge is 0.352 e. The molecule has 2 heterocycles. The van der Waals surface area contributed by atoms with Crippen LogP contribution in [0.5, 0.6) is 0 Å². The second kappa shape index (κ2) is 4.68. The summed E-state index contributed by atoms with van der Waals surface area (Å²) in [7, 11) is 0. The minimum atomic E-state index is -1.20. The summed E-state index contributed by atoms with van der Waals surface area (Å²) in [6, 6.07) is 1.35. The zero-order chi connectivity index (χ0) is 14.2. The van der Waals surface area contributed by atoms with E-state index in [9.17, 15) is 9.59 Å². The Hall–Kier alpha value is -2.44. The van der Waals surface area contributed by atoms with Crippen LogP contribution in [0.15, 0.2) is 10.9 Å². The van der Waals surface area contributed by atoms with E-state index in [0.29, 0.717) is 23.5 Å². The molecule has 0 fully saturated rings. The number of H-pyrrole nitrogens is 1. The lowest BCUT2D eigenvalue weighted by Crippen LogP contribution is -2.16. The van der Waals surface area contributed by atoms with E-state index in [1.165, 1.54) is 6.07 Å². The van der Waals surface area contributed by atoms with E-state index >= 15 is 0 Å². The quantitative estimate of drug-likeness (QED) is 0.858. The van der Waals surface area contributed by atoms with Crippen LogP contribution in [-0.4, -0.2) is 30.8 Å². The molecule has 0 aliphatic heterocycles. The molecule has 2 rings (SSSR count). The van der Waals surface area contributed by atoms with Crippen LogP contribution in [0.2, 0.25) is 0 Å². The number of hydrogen-bond acceptors (Lipinski definition) is 4. The molecule has 7 nitrogen and oxygen atoms in total. The van der Waals surface area contributed by atoms with Gasteiger partial charge >= 0.3 is 11.7 Å². The highest BCUT2D eigenvalue weighted by Gasteiger charge is 2.16. The zero-order valence-electron chi connectivity index (χ0n) is 10.9. The summed E-state index contributed by atoms with van der Waals surface area (Å²) >= 11 is 0.